The lowest BCUT2D eigenvalue weighted by molar-refractivity contribution is 0.102. The minimum absolute atomic E-state index is 0.0742. The number of aryl methyl sites for hydroxylation is 1. The number of carbonyl (C=O) groups is 1. The van der Waals surface area contributed by atoms with Crippen molar-refractivity contribution >= 4 is 29.8 Å². The lowest BCUT2D eigenvalue weighted by atomic mass is 10.1. The standard InChI is InChI=1S/C23H20N3O3P/c1-17-7-9-18(10-8-17)22(27)25-19-11-13-20(14-12-19)26-16-15-24-23(26)30(28,29)21-5-3-2-4-6-21/h2-16H,1H3,(H,25,27)(H,28,29). The summed E-state index contributed by atoms with van der Waals surface area (Å²) in [5.41, 5.74) is 3.03. The van der Waals surface area contributed by atoms with Gasteiger partial charge in [0.15, 0.2) is 0 Å². The molecule has 0 bridgehead atoms. The number of rotatable bonds is 5. The second kappa shape index (κ2) is 8.11. The van der Waals surface area contributed by atoms with Crippen molar-refractivity contribution in [1.82, 2.24) is 9.55 Å². The van der Waals surface area contributed by atoms with Crippen molar-refractivity contribution in [3.63, 3.8) is 0 Å². The van der Waals surface area contributed by atoms with E-state index in [1.165, 1.54) is 6.20 Å². The fourth-order valence-electron chi connectivity index (χ4n) is 3.08. The summed E-state index contributed by atoms with van der Waals surface area (Å²) in [4.78, 5) is 27.2. The molecule has 3 aromatic carbocycles. The molecule has 0 spiro atoms. The highest BCUT2D eigenvalue weighted by molar-refractivity contribution is 7.73. The first-order valence-corrected chi connectivity index (χ1v) is 11.0. The third-order valence-corrected chi connectivity index (χ3v) is 6.59. The van der Waals surface area contributed by atoms with Crippen molar-refractivity contribution in [1.29, 1.82) is 0 Å². The van der Waals surface area contributed by atoms with E-state index >= 15 is 0 Å². The van der Waals surface area contributed by atoms with E-state index in [4.69, 9.17) is 0 Å². The summed E-state index contributed by atoms with van der Waals surface area (Å²) in [6, 6.07) is 22.8. The summed E-state index contributed by atoms with van der Waals surface area (Å²) in [5.74, 6) is -0.199. The first kappa shape index (κ1) is 19.8. The van der Waals surface area contributed by atoms with E-state index in [0.29, 0.717) is 22.2 Å². The average molecular weight is 417 g/mol. The van der Waals surface area contributed by atoms with Crippen molar-refractivity contribution < 1.29 is 14.3 Å². The zero-order chi connectivity index (χ0) is 21.1. The van der Waals surface area contributed by atoms with Crippen molar-refractivity contribution in [3.8, 4) is 5.69 Å². The molecule has 7 heteroatoms. The van der Waals surface area contributed by atoms with Gasteiger partial charge in [0.2, 0.25) is 5.57 Å². The summed E-state index contributed by atoms with van der Waals surface area (Å²) in [6.07, 6.45) is 3.13. The normalized spacial score (nSPS) is 12.9. The Balaban J connectivity index is 1.57. The maximum atomic E-state index is 13.1. The van der Waals surface area contributed by atoms with Crippen LogP contribution in [0.15, 0.2) is 91.3 Å². The van der Waals surface area contributed by atoms with Crippen LogP contribution in [-0.4, -0.2) is 20.4 Å². The number of hydrogen-bond donors (Lipinski definition) is 2. The van der Waals surface area contributed by atoms with E-state index < -0.39 is 7.37 Å². The van der Waals surface area contributed by atoms with Crippen LogP contribution in [0.25, 0.3) is 5.69 Å². The molecule has 6 nitrogen and oxygen atoms in total. The molecule has 0 aliphatic carbocycles. The third-order valence-electron chi connectivity index (χ3n) is 4.72. The molecule has 1 heterocycles. The molecule has 0 aliphatic heterocycles. The molecule has 1 amide bonds. The van der Waals surface area contributed by atoms with E-state index in [1.54, 1.807) is 77.5 Å². The lowest BCUT2D eigenvalue weighted by Gasteiger charge is -2.14. The van der Waals surface area contributed by atoms with Gasteiger partial charge in [-0.05, 0) is 55.5 Å². The Morgan fingerprint density at radius 1 is 0.967 bits per heavy atom. The molecule has 0 saturated heterocycles. The van der Waals surface area contributed by atoms with E-state index in [-0.39, 0.29) is 11.5 Å². The van der Waals surface area contributed by atoms with E-state index in [1.807, 2.05) is 19.1 Å². The first-order chi connectivity index (χ1) is 14.4. The number of imidazole rings is 1. The molecule has 2 N–H and O–H groups in total. The van der Waals surface area contributed by atoms with Crippen LogP contribution >= 0.6 is 7.37 Å². The van der Waals surface area contributed by atoms with Gasteiger partial charge >= 0.3 is 0 Å². The molecule has 0 aliphatic rings. The highest BCUT2D eigenvalue weighted by atomic mass is 31.2. The highest BCUT2D eigenvalue weighted by Gasteiger charge is 2.29. The summed E-state index contributed by atoms with van der Waals surface area (Å²) in [6.45, 7) is 1.97. The number of hydrogen-bond acceptors (Lipinski definition) is 3. The van der Waals surface area contributed by atoms with Crippen LogP contribution < -0.4 is 16.2 Å². The Kier molecular flexibility index (Phi) is 5.36. The summed E-state index contributed by atoms with van der Waals surface area (Å²) >= 11 is 0. The van der Waals surface area contributed by atoms with Gasteiger partial charge in [-0.2, -0.15) is 0 Å². The molecule has 1 atom stereocenters. The maximum Gasteiger partial charge on any atom is 0.293 e. The molecule has 4 rings (SSSR count). The third kappa shape index (κ3) is 3.96. The number of aromatic nitrogens is 2. The van der Waals surface area contributed by atoms with Crippen LogP contribution in [0.5, 0.6) is 0 Å². The van der Waals surface area contributed by atoms with Crippen molar-refractivity contribution in [2.24, 2.45) is 0 Å². The van der Waals surface area contributed by atoms with Crippen LogP contribution in [0.2, 0.25) is 0 Å². The van der Waals surface area contributed by atoms with Gasteiger partial charge in [0, 0.05) is 34.6 Å². The lowest BCUT2D eigenvalue weighted by Crippen LogP contribution is -2.24. The molecule has 150 valence electrons. The predicted octanol–water partition coefficient (Wildman–Crippen LogP) is 3.65. The van der Waals surface area contributed by atoms with Gasteiger partial charge < -0.3 is 10.2 Å². The van der Waals surface area contributed by atoms with Crippen LogP contribution in [0.1, 0.15) is 15.9 Å². The Morgan fingerprint density at radius 2 is 1.63 bits per heavy atom. The molecule has 4 aromatic rings. The van der Waals surface area contributed by atoms with Crippen LogP contribution in [0.4, 0.5) is 5.69 Å². The number of carbonyl (C=O) groups excluding carboxylic acids is 1. The van der Waals surface area contributed by atoms with Gasteiger partial charge in [-0.3, -0.25) is 13.9 Å². The van der Waals surface area contributed by atoms with E-state index in [2.05, 4.69) is 10.3 Å². The van der Waals surface area contributed by atoms with Gasteiger partial charge in [-0.25, -0.2) is 4.98 Å². The van der Waals surface area contributed by atoms with Gasteiger partial charge in [0.25, 0.3) is 13.3 Å². The number of amides is 1. The van der Waals surface area contributed by atoms with Crippen molar-refractivity contribution in [2.45, 2.75) is 6.92 Å². The molecule has 30 heavy (non-hydrogen) atoms. The van der Waals surface area contributed by atoms with Crippen LogP contribution in [0, 0.1) is 6.92 Å². The topological polar surface area (TPSA) is 84.2 Å². The number of nitrogens with zero attached hydrogens (tertiary/aromatic N) is 2. The summed E-state index contributed by atoms with van der Waals surface area (Å²) in [7, 11) is -3.85. The molecule has 1 unspecified atom stereocenters. The van der Waals surface area contributed by atoms with Gasteiger partial charge in [0.1, 0.15) is 0 Å². The fraction of sp³-hybridized carbons (Fsp3) is 0.0435. The smallest absolute Gasteiger partial charge is 0.293 e. The molecule has 0 radical (unpaired) electrons. The van der Waals surface area contributed by atoms with E-state index in [9.17, 15) is 14.3 Å². The van der Waals surface area contributed by atoms with Gasteiger partial charge in [0.05, 0.1) is 0 Å². The second-order valence-electron chi connectivity index (χ2n) is 6.88. The summed E-state index contributed by atoms with van der Waals surface area (Å²) < 4.78 is 14.7. The number of benzene rings is 3. The molecule has 0 fully saturated rings. The Bertz CT molecular complexity index is 1220. The zero-order valence-electron chi connectivity index (χ0n) is 16.3. The second-order valence-corrected chi connectivity index (χ2v) is 8.94. The minimum Gasteiger partial charge on any atom is -0.336 e. The molecular weight excluding hydrogens is 397 g/mol. The molecule has 1 aromatic heterocycles. The van der Waals surface area contributed by atoms with Gasteiger partial charge in [-0.15, -0.1) is 0 Å². The Morgan fingerprint density at radius 3 is 2.30 bits per heavy atom. The van der Waals surface area contributed by atoms with Crippen LogP contribution in [0.3, 0.4) is 0 Å². The summed E-state index contributed by atoms with van der Waals surface area (Å²) in [5, 5.41) is 3.17. The quantitative estimate of drug-likeness (QED) is 0.486. The SMILES string of the molecule is Cc1ccc(C(=O)Nc2ccc(-n3ccnc3P(=O)(O)c3ccccc3)cc2)cc1. The van der Waals surface area contributed by atoms with Gasteiger partial charge in [-0.1, -0.05) is 35.9 Å². The highest BCUT2D eigenvalue weighted by Crippen LogP contribution is 2.37. The zero-order valence-corrected chi connectivity index (χ0v) is 17.2. The van der Waals surface area contributed by atoms with Crippen molar-refractivity contribution in [2.75, 3.05) is 5.32 Å². The molecular formula is C23H20N3O3P. The maximum absolute atomic E-state index is 13.1. The average Bonchev–Trinajstić information content (AvgIpc) is 3.26. The largest absolute Gasteiger partial charge is 0.336 e. The molecule has 0 saturated carbocycles. The fourth-order valence-corrected chi connectivity index (χ4v) is 4.59. The Labute approximate surface area is 174 Å². The monoisotopic (exact) mass is 417 g/mol. The van der Waals surface area contributed by atoms with E-state index in [0.717, 1.165) is 5.56 Å². The minimum atomic E-state index is -3.85. The predicted molar refractivity (Wildman–Crippen MR) is 118 cm³/mol. The first-order valence-electron chi connectivity index (χ1n) is 9.36. The Hall–Kier alpha value is -3.47. The van der Waals surface area contributed by atoms with Crippen molar-refractivity contribution in [3.05, 3.63) is 102 Å². The number of nitrogens with one attached hydrogen (secondary N) is 1. The number of anilines is 1. The van der Waals surface area contributed by atoms with Crippen LogP contribution in [-0.2, 0) is 4.57 Å².